The third-order valence-corrected chi connectivity index (χ3v) is 6.83. The summed E-state index contributed by atoms with van der Waals surface area (Å²) in [6.45, 7) is 1.79. The molecule has 1 aromatic heterocycles. The van der Waals surface area contributed by atoms with E-state index in [2.05, 4.69) is 0 Å². The quantitative estimate of drug-likeness (QED) is 0.797. The van der Waals surface area contributed by atoms with Crippen molar-refractivity contribution in [3.05, 3.63) is 46.3 Å². The smallest absolute Gasteiger partial charge is 0.263 e. The number of amides is 1. The zero-order valence-electron chi connectivity index (χ0n) is 13.8. The van der Waals surface area contributed by atoms with Crippen molar-refractivity contribution in [3.8, 4) is 10.4 Å². The molecule has 0 aliphatic carbocycles. The maximum absolute atomic E-state index is 12.8. The maximum Gasteiger partial charge on any atom is 0.263 e. The number of hydrogen-bond acceptors (Lipinski definition) is 4. The van der Waals surface area contributed by atoms with Gasteiger partial charge in [-0.25, -0.2) is 12.7 Å². The van der Waals surface area contributed by atoms with Gasteiger partial charge in [0.25, 0.3) is 5.91 Å². The van der Waals surface area contributed by atoms with Crippen LogP contribution >= 0.6 is 22.9 Å². The van der Waals surface area contributed by atoms with E-state index in [1.807, 2.05) is 36.4 Å². The first kappa shape index (κ1) is 18.4. The van der Waals surface area contributed by atoms with E-state index >= 15 is 0 Å². The van der Waals surface area contributed by atoms with Crippen LogP contribution in [0, 0.1) is 0 Å². The zero-order chi connectivity index (χ0) is 18.0. The summed E-state index contributed by atoms with van der Waals surface area (Å²) >= 11 is 7.35. The summed E-state index contributed by atoms with van der Waals surface area (Å²) in [5.41, 5.74) is 1.02. The third-order valence-electron chi connectivity index (χ3n) is 4.16. The van der Waals surface area contributed by atoms with Crippen LogP contribution in [-0.2, 0) is 10.0 Å². The first-order valence-electron chi connectivity index (χ1n) is 7.95. The van der Waals surface area contributed by atoms with Crippen LogP contribution in [0.15, 0.2) is 36.4 Å². The summed E-state index contributed by atoms with van der Waals surface area (Å²) in [6, 6.07) is 11.3. The number of halogens is 1. The lowest BCUT2D eigenvalue weighted by Gasteiger charge is -2.20. The Hall–Kier alpha value is -1.41. The SMILES string of the molecule is CS(=O)(=O)N1CCCN(C(=O)c2ccc(-c3ccc(Cl)cc3)s2)CC1. The zero-order valence-corrected chi connectivity index (χ0v) is 16.2. The summed E-state index contributed by atoms with van der Waals surface area (Å²) < 4.78 is 24.8. The van der Waals surface area contributed by atoms with Crippen LogP contribution in [0.5, 0.6) is 0 Å². The Bertz CT molecular complexity index is 862. The summed E-state index contributed by atoms with van der Waals surface area (Å²) in [4.78, 5) is 16.2. The van der Waals surface area contributed by atoms with Crippen molar-refractivity contribution in [3.63, 3.8) is 0 Å². The topological polar surface area (TPSA) is 57.7 Å². The molecule has 1 fully saturated rings. The van der Waals surface area contributed by atoms with E-state index in [-0.39, 0.29) is 5.91 Å². The number of carbonyl (C=O) groups excluding carboxylic acids is 1. The predicted octanol–water partition coefficient (Wildman–Crippen LogP) is 3.18. The maximum atomic E-state index is 12.8. The molecule has 3 rings (SSSR count). The lowest BCUT2D eigenvalue weighted by atomic mass is 10.2. The van der Waals surface area contributed by atoms with E-state index < -0.39 is 10.0 Å². The van der Waals surface area contributed by atoms with E-state index in [1.165, 1.54) is 21.9 Å². The Morgan fingerprint density at radius 3 is 2.44 bits per heavy atom. The summed E-state index contributed by atoms with van der Waals surface area (Å²) in [7, 11) is -3.21. The van der Waals surface area contributed by atoms with Gasteiger partial charge in [0.1, 0.15) is 0 Å². The molecule has 2 heterocycles. The van der Waals surface area contributed by atoms with Crippen LogP contribution in [0.3, 0.4) is 0 Å². The molecule has 0 atom stereocenters. The Balaban J connectivity index is 1.72. The molecule has 1 aromatic carbocycles. The van der Waals surface area contributed by atoms with E-state index in [0.29, 0.717) is 42.5 Å². The average Bonchev–Trinajstić information content (AvgIpc) is 2.91. The number of carbonyl (C=O) groups is 1. The van der Waals surface area contributed by atoms with Gasteiger partial charge in [0.15, 0.2) is 0 Å². The van der Waals surface area contributed by atoms with Gasteiger partial charge in [0.2, 0.25) is 10.0 Å². The average molecular weight is 399 g/mol. The molecule has 5 nitrogen and oxygen atoms in total. The summed E-state index contributed by atoms with van der Waals surface area (Å²) in [6.07, 6.45) is 1.86. The molecule has 0 N–H and O–H groups in total. The summed E-state index contributed by atoms with van der Waals surface area (Å²) in [5.74, 6) is -0.0411. The third kappa shape index (κ3) is 4.41. The second kappa shape index (κ2) is 7.45. The van der Waals surface area contributed by atoms with Crippen LogP contribution in [0.25, 0.3) is 10.4 Å². The largest absolute Gasteiger partial charge is 0.337 e. The van der Waals surface area contributed by atoms with Gasteiger partial charge in [0.05, 0.1) is 11.1 Å². The molecule has 1 aliphatic heterocycles. The van der Waals surface area contributed by atoms with Gasteiger partial charge < -0.3 is 4.90 Å². The van der Waals surface area contributed by atoms with Gasteiger partial charge in [-0.2, -0.15) is 0 Å². The predicted molar refractivity (Wildman–Crippen MR) is 102 cm³/mol. The van der Waals surface area contributed by atoms with Crippen LogP contribution in [0.1, 0.15) is 16.1 Å². The number of benzene rings is 1. The van der Waals surface area contributed by atoms with E-state index in [0.717, 1.165) is 10.4 Å². The molecule has 1 saturated heterocycles. The van der Waals surface area contributed by atoms with Crippen molar-refractivity contribution in [2.75, 3.05) is 32.4 Å². The molecular formula is C17H19ClN2O3S2. The highest BCUT2D eigenvalue weighted by atomic mass is 35.5. The number of sulfonamides is 1. The van der Waals surface area contributed by atoms with Gasteiger partial charge in [-0.1, -0.05) is 23.7 Å². The first-order valence-corrected chi connectivity index (χ1v) is 11.0. The fourth-order valence-corrected chi connectivity index (χ4v) is 4.79. The van der Waals surface area contributed by atoms with Gasteiger partial charge in [0, 0.05) is 36.1 Å². The Labute approximate surface area is 156 Å². The minimum Gasteiger partial charge on any atom is -0.337 e. The molecule has 0 spiro atoms. The highest BCUT2D eigenvalue weighted by Gasteiger charge is 2.25. The minimum absolute atomic E-state index is 0.0411. The van der Waals surface area contributed by atoms with Crippen molar-refractivity contribution >= 4 is 38.9 Å². The molecule has 2 aromatic rings. The fraction of sp³-hybridized carbons (Fsp3) is 0.353. The molecule has 25 heavy (non-hydrogen) atoms. The van der Waals surface area contributed by atoms with Crippen molar-refractivity contribution in [2.45, 2.75) is 6.42 Å². The van der Waals surface area contributed by atoms with Gasteiger partial charge >= 0.3 is 0 Å². The lowest BCUT2D eigenvalue weighted by molar-refractivity contribution is 0.0769. The minimum atomic E-state index is -3.21. The standard InChI is InChI=1S/C17H19ClN2O3S2/c1-25(22,23)20-10-2-9-19(11-12-20)17(21)16-8-7-15(24-16)13-3-5-14(18)6-4-13/h3-8H,2,9-12H2,1H3. The number of thiophene rings is 1. The van der Waals surface area contributed by atoms with Crippen LogP contribution in [0.2, 0.25) is 5.02 Å². The Morgan fingerprint density at radius 1 is 1.04 bits per heavy atom. The van der Waals surface area contributed by atoms with Crippen LogP contribution < -0.4 is 0 Å². The molecule has 1 aliphatic rings. The van der Waals surface area contributed by atoms with Gasteiger partial charge in [-0.3, -0.25) is 4.79 Å². The van der Waals surface area contributed by atoms with Crippen LogP contribution in [-0.4, -0.2) is 56.0 Å². The molecule has 0 saturated carbocycles. The van der Waals surface area contributed by atoms with Crippen molar-refractivity contribution in [1.82, 2.24) is 9.21 Å². The van der Waals surface area contributed by atoms with E-state index in [9.17, 15) is 13.2 Å². The molecule has 1 amide bonds. The first-order chi connectivity index (χ1) is 11.8. The Kier molecular flexibility index (Phi) is 5.48. The molecule has 8 heteroatoms. The normalized spacial score (nSPS) is 16.6. The number of rotatable bonds is 3. The molecular weight excluding hydrogens is 380 g/mol. The van der Waals surface area contributed by atoms with Crippen molar-refractivity contribution in [2.24, 2.45) is 0 Å². The molecule has 0 unspecified atom stereocenters. The van der Waals surface area contributed by atoms with Crippen LogP contribution in [0.4, 0.5) is 0 Å². The lowest BCUT2D eigenvalue weighted by Crippen LogP contribution is -2.36. The molecule has 0 radical (unpaired) electrons. The van der Waals surface area contributed by atoms with Crippen molar-refractivity contribution in [1.29, 1.82) is 0 Å². The monoisotopic (exact) mass is 398 g/mol. The second-order valence-corrected chi connectivity index (χ2v) is 9.48. The highest BCUT2D eigenvalue weighted by Crippen LogP contribution is 2.30. The van der Waals surface area contributed by atoms with E-state index in [1.54, 1.807) is 4.90 Å². The number of hydrogen-bond donors (Lipinski definition) is 0. The Morgan fingerprint density at radius 2 is 1.76 bits per heavy atom. The fourth-order valence-electron chi connectivity index (χ4n) is 2.81. The van der Waals surface area contributed by atoms with Crippen molar-refractivity contribution < 1.29 is 13.2 Å². The number of nitrogens with zero attached hydrogens (tertiary/aromatic N) is 2. The second-order valence-electron chi connectivity index (χ2n) is 5.98. The molecule has 134 valence electrons. The van der Waals surface area contributed by atoms with Gasteiger partial charge in [-0.05, 0) is 36.2 Å². The van der Waals surface area contributed by atoms with Gasteiger partial charge in [-0.15, -0.1) is 11.3 Å². The molecule has 0 bridgehead atoms. The summed E-state index contributed by atoms with van der Waals surface area (Å²) in [5, 5.41) is 0.677. The van der Waals surface area contributed by atoms with E-state index in [4.69, 9.17) is 11.6 Å². The highest BCUT2D eigenvalue weighted by molar-refractivity contribution is 7.88.